The Morgan fingerprint density at radius 3 is 2.70 bits per heavy atom. The lowest BCUT2D eigenvalue weighted by atomic mass is 10.2. The SMILES string of the molecule is CCOc1nc(C)c(NC(=O)c2ccc3ncsc3c2)c(C)n1. The number of thiazole rings is 1. The Labute approximate surface area is 137 Å². The first-order valence-electron chi connectivity index (χ1n) is 7.21. The summed E-state index contributed by atoms with van der Waals surface area (Å²) in [7, 11) is 0. The number of hydrogen-bond donors (Lipinski definition) is 1. The highest BCUT2D eigenvalue weighted by Gasteiger charge is 2.14. The van der Waals surface area contributed by atoms with Gasteiger partial charge < -0.3 is 10.1 Å². The summed E-state index contributed by atoms with van der Waals surface area (Å²) in [6.45, 7) is 6.01. The summed E-state index contributed by atoms with van der Waals surface area (Å²) in [5.74, 6) is -0.195. The van der Waals surface area contributed by atoms with Gasteiger partial charge >= 0.3 is 6.01 Å². The summed E-state index contributed by atoms with van der Waals surface area (Å²) < 4.78 is 6.29. The number of benzene rings is 1. The standard InChI is InChI=1S/C16H16N4O2S/c1-4-22-16-18-9(2)14(10(3)19-16)20-15(21)11-5-6-12-13(7-11)23-8-17-12/h5-8H,4H2,1-3H3,(H,20,21). The van der Waals surface area contributed by atoms with E-state index in [1.165, 1.54) is 11.3 Å². The van der Waals surface area contributed by atoms with Crippen LogP contribution in [0.3, 0.4) is 0 Å². The zero-order valence-electron chi connectivity index (χ0n) is 13.1. The first-order chi connectivity index (χ1) is 11.1. The summed E-state index contributed by atoms with van der Waals surface area (Å²) >= 11 is 1.51. The number of rotatable bonds is 4. The Kier molecular flexibility index (Phi) is 4.20. The minimum Gasteiger partial charge on any atom is -0.464 e. The van der Waals surface area contributed by atoms with Crippen molar-refractivity contribution in [3.05, 3.63) is 40.7 Å². The van der Waals surface area contributed by atoms with Crippen LogP contribution in [0.15, 0.2) is 23.7 Å². The van der Waals surface area contributed by atoms with Crippen molar-refractivity contribution in [2.24, 2.45) is 0 Å². The molecule has 3 rings (SSSR count). The summed E-state index contributed by atoms with van der Waals surface area (Å²) in [4.78, 5) is 25.2. The molecule has 7 heteroatoms. The van der Waals surface area contributed by atoms with Crippen LogP contribution < -0.4 is 10.1 Å². The largest absolute Gasteiger partial charge is 0.464 e. The molecule has 0 fully saturated rings. The number of nitrogens with one attached hydrogen (secondary N) is 1. The van der Waals surface area contributed by atoms with Crippen molar-refractivity contribution in [1.82, 2.24) is 15.0 Å². The van der Waals surface area contributed by atoms with Gasteiger partial charge in [0.05, 0.1) is 39.4 Å². The molecule has 118 valence electrons. The number of aromatic nitrogens is 3. The van der Waals surface area contributed by atoms with Gasteiger partial charge in [0, 0.05) is 5.56 Å². The number of carbonyl (C=O) groups excluding carboxylic acids is 1. The predicted octanol–water partition coefficient (Wildman–Crippen LogP) is 3.35. The molecular weight excluding hydrogens is 312 g/mol. The van der Waals surface area contributed by atoms with Gasteiger partial charge in [-0.05, 0) is 39.0 Å². The van der Waals surface area contributed by atoms with Crippen LogP contribution in [0.4, 0.5) is 5.69 Å². The molecule has 0 spiro atoms. The molecule has 1 aromatic carbocycles. The van der Waals surface area contributed by atoms with E-state index in [0.29, 0.717) is 35.3 Å². The van der Waals surface area contributed by atoms with Crippen LogP contribution >= 0.6 is 11.3 Å². The van der Waals surface area contributed by atoms with Gasteiger partial charge in [0.1, 0.15) is 0 Å². The quantitative estimate of drug-likeness (QED) is 0.794. The van der Waals surface area contributed by atoms with Crippen LogP contribution in [0, 0.1) is 13.8 Å². The van der Waals surface area contributed by atoms with Crippen molar-refractivity contribution in [2.75, 3.05) is 11.9 Å². The molecule has 0 aliphatic carbocycles. The maximum atomic E-state index is 12.5. The minimum atomic E-state index is -0.195. The lowest BCUT2D eigenvalue weighted by Crippen LogP contribution is -2.15. The molecule has 0 radical (unpaired) electrons. The molecule has 2 aromatic heterocycles. The zero-order chi connectivity index (χ0) is 16.4. The van der Waals surface area contributed by atoms with Crippen molar-refractivity contribution in [2.45, 2.75) is 20.8 Å². The van der Waals surface area contributed by atoms with E-state index in [1.807, 2.05) is 32.9 Å². The maximum Gasteiger partial charge on any atom is 0.316 e. The Bertz CT molecular complexity index is 852. The number of hydrogen-bond acceptors (Lipinski definition) is 6. The third-order valence-corrected chi connectivity index (χ3v) is 4.15. The Balaban J connectivity index is 1.87. The number of anilines is 1. The van der Waals surface area contributed by atoms with Gasteiger partial charge in [-0.15, -0.1) is 11.3 Å². The summed E-state index contributed by atoms with van der Waals surface area (Å²) in [5.41, 5.74) is 5.20. The second-order valence-corrected chi connectivity index (χ2v) is 5.86. The smallest absolute Gasteiger partial charge is 0.316 e. The number of aryl methyl sites for hydroxylation is 2. The van der Waals surface area contributed by atoms with Crippen LogP contribution in [0.25, 0.3) is 10.2 Å². The second-order valence-electron chi connectivity index (χ2n) is 4.97. The Hall–Kier alpha value is -2.54. The van der Waals surface area contributed by atoms with Gasteiger partial charge in [0.2, 0.25) is 0 Å². The van der Waals surface area contributed by atoms with Gasteiger partial charge in [-0.1, -0.05) is 0 Å². The molecule has 6 nitrogen and oxygen atoms in total. The highest BCUT2D eigenvalue weighted by Crippen LogP contribution is 2.22. The third kappa shape index (κ3) is 3.14. The Morgan fingerprint density at radius 2 is 2.00 bits per heavy atom. The highest BCUT2D eigenvalue weighted by molar-refractivity contribution is 7.16. The summed E-state index contributed by atoms with van der Waals surface area (Å²) in [6.07, 6.45) is 0. The zero-order valence-corrected chi connectivity index (χ0v) is 13.9. The van der Waals surface area contributed by atoms with E-state index >= 15 is 0 Å². The van der Waals surface area contributed by atoms with E-state index in [0.717, 1.165) is 10.2 Å². The average Bonchev–Trinajstić information content (AvgIpc) is 2.98. The van der Waals surface area contributed by atoms with Crippen LogP contribution in [0.5, 0.6) is 6.01 Å². The molecule has 0 aliphatic heterocycles. The van der Waals surface area contributed by atoms with Gasteiger partial charge in [0.25, 0.3) is 5.91 Å². The van der Waals surface area contributed by atoms with E-state index in [-0.39, 0.29) is 5.91 Å². The molecule has 0 unspecified atom stereocenters. The number of ether oxygens (including phenoxy) is 1. The maximum absolute atomic E-state index is 12.5. The van der Waals surface area contributed by atoms with Gasteiger partial charge in [-0.2, -0.15) is 9.97 Å². The van der Waals surface area contributed by atoms with Crippen LogP contribution in [0.1, 0.15) is 28.7 Å². The van der Waals surface area contributed by atoms with Gasteiger partial charge in [0.15, 0.2) is 0 Å². The second kappa shape index (κ2) is 6.29. The van der Waals surface area contributed by atoms with Crippen molar-refractivity contribution in [3.8, 4) is 6.01 Å². The van der Waals surface area contributed by atoms with Crippen LogP contribution in [-0.2, 0) is 0 Å². The summed E-state index contributed by atoms with van der Waals surface area (Å²) in [5, 5.41) is 2.89. The minimum absolute atomic E-state index is 0.195. The van der Waals surface area contributed by atoms with Crippen molar-refractivity contribution in [3.63, 3.8) is 0 Å². The number of amides is 1. The van der Waals surface area contributed by atoms with E-state index in [2.05, 4.69) is 20.3 Å². The molecule has 0 atom stereocenters. The third-order valence-electron chi connectivity index (χ3n) is 3.36. The lowest BCUT2D eigenvalue weighted by molar-refractivity contribution is 0.102. The predicted molar refractivity (Wildman–Crippen MR) is 90.2 cm³/mol. The molecule has 0 saturated carbocycles. The summed E-state index contributed by atoms with van der Waals surface area (Å²) in [6, 6.07) is 5.77. The monoisotopic (exact) mass is 328 g/mol. The first kappa shape index (κ1) is 15.4. The van der Waals surface area contributed by atoms with E-state index < -0.39 is 0 Å². The van der Waals surface area contributed by atoms with E-state index in [9.17, 15) is 4.79 Å². The van der Waals surface area contributed by atoms with Crippen LogP contribution in [0.2, 0.25) is 0 Å². The molecule has 1 N–H and O–H groups in total. The molecule has 0 bridgehead atoms. The number of nitrogens with zero attached hydrogens (tertiary/aromatic N) is 3. The molecule has 0 aliphatic rings. The van der Waals surface area contributed by atoms with Gasteiger partial charge in [-0.25, -0.2) is 4.98 Å². The average molecular weight is 328 g/mol. The van der Waals surface area contributed by atoms with Gasteiger partial charge in [-0.3, -0.25) is 4.79 Å². The van der Waals surface area contributed by atoms with Crippen LogP contribution in [-0.4, -0.2) is 27.5 Å². The fraction of sp³-hybridized carbons (Fsp3) is 0.250. The normalized spacial score (nSPS) is 10.7. The topological polar surface area (TPSA) is 77.0 Å². The molecule has 1 amide bonds. The highest BCUT2D eigenvalue weighted by atomic mass is 32.1. The molecular formula is C16H16N4O2S. The lowest BCUT2D eigenvalue weighted by Gasteiger charge is -2.12. The molecule has 23 heavy (non-hydrogen) atoms. The van der Waals surface area contributed by atoms with E-state index in [4.69, 9.17) is 4.74 Å². The molecule has 3 aromatic rings. The van der Waals surface area contributed by atoms with Crippen molar-refractivity contribution < 1.29 is 9.53 Å². The number of carbonyl (C=O) groups is 1. The fourth-order valence-corrected chi connectivity index (χ4v) is 2.96. The van der Waals surface area contributed by atoms with E-state index in [1.54, 1.807) is 11.6 Å². The molecule has 0 saturated heterocycles. The van der Waals surface area contributed by atoms with Crippen molar-refractivity contribution in [1.29, 1.82) is 0 Å². The number of fused-ring (bicyclic) bond motifs is 1. The Morgan fingerprint density at radius 1 is 1.26 bits per heavy atom. The fourth-order valence-electron chi connectivity index (χ4n) is 2.24. The van der Waals surface area contributed by atoms with Crippen molar-refractivity contribution >= 4 is 33.1 Å². The first-order valence-corrected chi connectivity index (χ1v) is 8.09. The molecule has 2 heterocycles.